The van der Waals surface area contributed by atoms with Gasteiger partial charge in [-0.2, -0.15) is 0 Å². The van der Waals surface area contributed by atoms with Gasteiger partial charge in [0.2, 0.25) is 0 Å². The van der Waals surface area contributed by atoms with Gasteiger partial charge in [0.05, 0.1) is 6.10 Å². The van der Waals surface area contributed by atoms with Gasteiger partial charge >= 0.3 is 11.9 Å². The van der Waals surface area contributed by atoms with Crippen LogP contribution in [0.2, 0.25) is 0 Å². The zero-order valence-corrected chi connectivity index (χ0v) is 24.2. The highest BCUT2D eigenvalue weighted by Crippen LogP contribution is 2.13. The third-order valence-corrected chi connectivity index (χ3v) is 6.35. The third-order valence-electron chi connectivity index (χ3n) is 6.35. The van der Waals surface area contributed by atoms with Crippen molar-refractivity contribution in [2.75, 3.05) is 0 Å². The minimum atomic E-state index is -0.657. The number of unbranched alkanes of at least 4 members (excludes halogenated alkanes) is 20. The number of hydrogen-bond acceptors (Lipinski definition) is 3. The second kappa shape index (κ2) is 31.0. The average molecular weight is 499 g/mol. The summed E-state index contributed by atoms with van der Waals surface area (Å²) in [7, 11) is 0. The second-order valence-corrected chi connectivity index (χ2v) is 10.5. The van der Waals surface area contributed by atoms with E-state index < -0.39 is 5.97 Å². The molecule has 0 aliphatic rings. The van der Waals surface area contributed by atoms with Crippen molar-refractivity contribution in [3.8, 4) is 0 Å². The number of aliphatic carboxylic acids is 1. The molecule has 0 aliphatic heterocycles. The van der Waals surface area contributed by atoms with Crippen LogP contribution in [0, 0.1) is 0 Å². The number of carboxylic acid groups (broad SMARTS) is 1. The van der Waals surface area contributed by atoms with Gasteiger partial charge in [0.1, 0.15) is 0 Å². The molecule has 0 saturated heterocycles. The van der Waals surface area contributed by atoms with E-state index in [1.54, 1.807) is 0 Å². The first-order valence-electron chi connectivity index (χ1n) is 15.3. The lowest BCUT2D eigenvalue weighted by Gasteiger charge is -2.07. The molecule has 0 spiro atoms. The summed E-state index contributed by atoms with van der Waals surface area (Å²) in [6.07, 6.45) is 29.4. The predicted molar refractivity (Wildman–Crippen MR) is 151 cm³/mol. The molecule has 0 bridgehead atoms. The maximum Gasteiger partial charge on any atom is 0.306 e. The van der Waals surface area contributed by atoms with Crippen molar-refractivity contribution < 1.29 is 19.4 Å². The summed E-state index contributed by atoms with van der Waals surface area (Å²) in [5.41, 5.74) is 0. The maximum absolute atomic E-state index is 11.3. The van der Waals surface area contributed by atoms with E-state index >= 15 is 0 Å². The fourth-order valence-corrected chi connectivity index (χ4v) is 4.20. The molecule has 0 rings (SSSR count). The lowest BCUT2D eigenvalue weighted by atomic mass is 10.1. The van der Waals surface area contributed by atoms with Gasteiger partial charge in [0.15, 0.2) is 0 Å². The molecule has 0 saturated carbocycles. The molecule has 4 nitrogen and oxygen atoms in total. The van der Waals surface area contributed by atoms with Crippen molar-refractivity contribution in [3.63, 3.8) is 0 Å². The lowest BCUT2D eigenvalue weighted by Crippen LogP contribution is -2.10. The van der Waals surface area contributed by atoms with Gasteiger partial charge in [0, 0.05) is 12.8 Å². The Labute approximate surface area is 219 Å². The molecule has 0 aliphatic carbocycles. The van der Waals surface area contributed by atoms with Crippen LogP contribution in [0.25, 0.3) is 0 Å². The predicted octanol–water partition coefficient (Wildman–Crippen LogP) is 10.4. The van der Waals surface area contributed by atoms with Gasteiger partial charge in [-0.3, -0.25) is 9.59 Å². The van der Waals surface area contributed by atoms with Gasteiger partial charge in [0.25, 0.3) is 0 Å². The van der Waals surface area contributed by atoms with E-state index in [0.29, 0.717) is 12.8 Å². The summed E-state index contributed by atoms with van der Waals surface area (Å²) in [5, 5.41) is 8.46. The summed E-state index contributed by atoms with van der Waals surface area (Å²) in [6.45, 7) is 8.31. The number of hydrogen-bond donors (Lipinski definition) is 1. The number of carboxylic acids is 1. The molecule has 0 amide bonds. The average Bonchev–Trinajstić information content (AvgIpc) is 2.81. The van der Waals surface area contributed by atoms with E-state index in [9.17, 15) is 9.59 Å². The van der Waals surface area contributed by atoms with Crippen molar-refractivity contribution in [2.24, 2.45) is 0 Å². The summed E-state index contributed by atoms with van der Waals surface area (Å²) in [6, 6.07) is 0. The van der Waals surface area contributed by atoms with Crippen molar-refractivity contribution in [1.29, 1.82) is 0 Å². The topological polar surface area (TPSA) is 63.6 Å². The van der Waals surface area contributed by atoms with Crippen LogP contribution in [-0.4, -0.2) is 23.1 Å². The van der Waals surface area contributed by atoms with Crippen LogP contribution in [-0.2, 0) is 14.3 Å². The van der Waals surface area contributed by atoms with Crippen LogP contribution < -0.4 is 0 Å². The molecule has 4 heteroatoms. The van der Waals surface area contributed by atoms with Crippen LogP contribution in [0.1, 0.15) is 182 Å². The highest BCUT2D eigenvalue weighted by Gasteiger charge is 2.04. The van der Waals surface area contributed by atoms with E-state index in [-0.39, 0.29) is 12.1 Å². The zero-order valence-electron chi connectivity index (χ0n) is 24.2. The SMILES string of the molecule is CCCCCCCCCCCCCC(=O)O.CCCCCCCCCCCCCC(=O)OC(C)C. The molecule has 35 heavy (non-hydrogen) atoms. The van der Waals surface area contributed by atoms with Crippen LogP contribution >= 0.6 is 0 Å². The molecule has 0 atom stereocenters. The molecule has 0 heterocycles. The molecular weight excluding hydrogens is 436 g/mol. The van der Waals surface area contributed by atoms with Crippen LogP contribution in [0.15, 0.2) is 0 Å². The van der Waals surface area contributed by atoms with Crippen molar-refractivity contribution in [3.05, 3.63) is 0 Å². The largest absolute Gasteiger partial charge is 0.481 e. The first kappa shape index (κ1) is 36.1. The minimum Gasteiger partial charge on any atom is -0.481 e. The fourth-order valence-electron chi connectivity index (χ4n) is 4.20. The van der Waals surface area contributed by atoms with E-state index in [1.807, 2.05) is 13.8 Å². The molecule has 1 N–H and O–H groups in total. The molecule has 0 unspecified atom stereocenters. The van der Waals surface area contributed by atoms with Crippen LogP contribution in [0.4, 0.5) is 0 Å². The molecule has 0 fully saturated rings. The Morgan fingerprint density at radius 1 is 0.514 bits per heavy atom. The highest BCUT2D eigenvalue weighted by atomic mass is 16.5. The standard InChI is InChI=1S/C17H34O2.C14H28O2/c1-4-5-6-7-8-9-10-11-12-13-14-15-17(18)19-16(2)3;1-2-3-4-5-6-7-8-9-10-11-12-13-14(15)16/h16H,4-15H2,1-3H3;2-13H2,1H3,(H,15,16). The Bertz CT molecular complexity index is 434. The van der Waals surface area contributed by atoms with Crippen molar-refractivity contribution >= 4 is 11.9 Å². The number of carbonyl (C=O) groups is 2. The van der Waals surface area contributed by atoms with Crippen molar-refractivity contribution in [2.45, 2.75) is 188 Å². The van der Waals surface area contributed by atoms with Crippen LogP contribution in [0.3, 0.4) is 0 Å². The molecule has 0 radical (unpaired) electrons. The van der Waals surface area contributed by atoms with Gasteiger partial charge in [-0.15, -0.1) is 0 Å². The Kier molecular flexibility index (Phi) is 31.9. The van der Waals surface area contributed by atoms with E-state index in [2.05, 4.69) is 13.8 Å². The number of esters is 1. The third kappa shape index (κ3) is 37.7. The summed E-state index contributed by atoms with van der Waals surface area (Å²) >= 11 is 0. The second-order valence-electron chi connectivity index (χ2n) is 10.5. The first-order chi connectivity index (χ1) is 16.9. The Morgan fingerprint density at radius 2 is 0.800 bits per heavy atom. The Morgan fingerprint density at radius 3 is 1.09 bits per heavy atom. The van der Waals surface area contributed by atoms with E-state index in [4.69, 9.17) is 9.84 Å². The Hall–Kier alpha value is -1.06. The van der Waals surface area contributed by atoms with Gasteiger partial charge in [-0.05, 0) is 26.7 Å². The normalized spacial score (nSPS) is 10.8. The zero-order chi connectivity index (χ0) is 26.4. The highest BCUT2D eigenvalue weighted by molar-refractivity contribution is 5.69. The first-order valence-corrected chi connectivity index (χ1v) is 15.3. The van der Waals surface area contributed by atoms with Crippen molar-refractivity contribution in [1.82, 2.24) is 0 Å². The monoisotopic (exact) mass is 498 g/mol. The molecular formula is C31H62O4. The molecule has 0 aromatic heterocycles. The number of carbonyl (C=O) groups excluding carboxylic acids is 1. The maximum atomic E-state index is 11.3. The minimum absolute atomic E-state index is 0.0280. The van der Waals surface area contributed by atoms with Gasteiger partial charge in [-0.25, -0.2) is 0 Å². The summed E-state index contributed by atoms with van der Waals surface area (Å²) in [4.78, 5) is 21.6. The Balaban J connectivity index is 0. The summed E-state index contributed by atoms with van der Waals surface area (Å²) in [5.74, 6) is -0.693. The van der Waals surface area contributed by atoms with E-state index in [1.165, 1.54) is 122 Å². The fraction of sp³-hybridized carbons (Fsp3) is 0.935. The molecule has 210 valence electrons. The molecule has 0 aromatic rings. The van der Waals surface area contributed by atoms with E-state index in [0.717, 1.165) is 19.3 Å². The van der Waals surface area contributed by atoms with Crippen LogP contribution in [0.5, 0.6) is 0 Å². The lowest BCUT2D eigenvalue weighted by molar-refractivity contribution is -0.147. The molecule has 0 aromatic carbocycles. The number of ether oxygens (including phenoxy) is 1. The quantitative estimate of drug-likeness (QED) is 0.100. The smallest absolute Gasteiger partial charge is 0.306 e. The van der Waals surface area contributed by atoms with Gasteiger partial charge < -0.3 is 9.84 Å². The summed E-state index contributed by atoms with van der Waals surface area (Å²) < 4.78 is 5.10. The number of rotatable bonds is 25. The van der Waals surface area contributed by atoms with Gasteiger partial charge in [-0.1, -0.05) is 142 Å².